The summed E-state index contributed by atoms with van der Waals surface area (Å²) in [5.41, 5.74) is 3.82. The number of pyridine rings is 1. The zero-order chi connectivity index (χ0) is 23.4. The smallest absolute Gasteiger partial charge is 0.253 e. The largest absolute Gasteiger partial charge is 0.375 e. The molecule has 4 rings (SSSR count). The van der Waals surface area contributed by atoms with E-state index in [-0.39, 0.29) is 23.8 Å². The van der Waals surface area contributed by atoms with E-state index in [0.29, 0.717) is 31.8 Å². The van der Waals surface area contributed by atoms with Crippen LogP contribution in [0.1, 0.15) is 46.8 Å². The molecule has 0 spiro atoms. The van der Waals surface area contributed by atoms with E-state index in [1.165, 1.54) is 0 Å². The van der Waals surface area contributed by atoms with E-state index in [2.05, 4.69) is 28.2 Å². The Hall–Kier alpha value is -2.93. The highest BCUT2D eigenvalue weighted by atomic mass is 16.5. The number of hydrogen-bond donors (Lipinski definition) is 1. The second kappa shape index (κ2) is 10.3. The molecule has 2 aliphatic heterocycles. The lowest BCUT2D eigenvalue weighted by Gasteiger charge is -2.32. The number of piperidine rings is 1. The summed E-state index contributed by atoms with van der Waals surface area (Å²) in [7, 11) is 0. The predicted octanol–water partition coefficient (Wildman–Crippen LogP) is 3.09. The fraction of sp³-hybridized carbons (Fsp3) is 0.500. The van der Waals surface area contributed by atoms with Crippen LogP contribution in [0.15, 0.2) is 36.5 Å². The van der Waals surface area contributed by atoms with Crippen molar-refractivity contribution < 1.29 is 14.3 Å². The first-order valence-electron chi connectivity index (χ1n) is 11.9. The average molecular weight is 451 g/mol. The van der Waals surface area contributed by atoms with Gasteiger partial charge in [0, 0.05) is 44.5 Å². The molecule has 1 aromatic carbocycles. The quantitative estimate of drug-likeness (QED) is 0.758. The zero-order valence-electron chi connectivity index (χ0n) is 19.8. The molecular formula is C26H34N4O3. The number of likely N-dealkylation sites (tertiary alicyclic amines) is 1. The van der Waals surface area contributed by atoms with Crippen molar-refractivity contribution in [2.45, 2.75) is 46.3 Å². The topological polar surface area (TPSA) is 74.8 Å². The lowest BCUT2D eigenvalue weighted by molar-refractivity contribution is -0.126. The van der Waals surface area contributed by atoms with Gasteiger partial charge in [-0.3, -0.25) is 9.59 Å². The summed E-state index contributed by atoms with van der Waals surface area (Å²) in [5, 5.41) is 3.04. The van der Waals surface area contributed by atoms with Gasteiger partial charge in [-0.2, -0.15) is 0 Å². The number of morpholine rings is 1. The van der Waals surface area contributed by atoms with Crippen LogP contribution >= 0.6 is 0 Å². The van der Waals surface area contributed by atoms with Crippen LogP contribution < -0.4 is 10.2 Å². The Morgan fingerprint density at radius 1 is 1.12 bits per heavy atom. The van der Waals surface area contributed by atoms with Gasteiger partial charge in [-0.1, -0.05) is 23.3 Å². The average Bonchev–Trinajstić information content (AvgIpc) is 2.82. The molecular weight excluding hydrogens is 416 g/mol. The third-order valence-electron chi connectivity index (χ3n) is 6.39. The van der Waals surface area contributed by atoms with E-state index in [9.17, 15) is 9.59 Å². The molecule has 2 aliphatic rings. The van der Waals surface area contributed by atoms with Crippen LogP contribution in [0, 0.1) is 19.8 Å². The Bertz CT molecular complexity index is 971. The maximum Gasteiger partial charge on any atom is 0.253 e. The fourth-order valence-electron chi connectivity index (χ4n) is 4.72. The van der Waals surface area contributed by atoms with Gasteiger partial charge >= 0.3 is 0 Å². The molecule has 7 heteroatoms. The molecule has 3 heterocycles. The molecule has 0 bridgehead atoms. The number of carbonyl (C=O) groups is 2. The van der Waals surface area contributed by atoms with Crippen LogP contribution in [-0.4, -0.2) is 60.6 Å². The van der Waals surface area contributed by atoms with Crippen molar-refractivity contribution in [1.29, 1.82) is 0 Å². The molecule has 2 unspecified atom stereocenters. The van der Waals surface area contributed by atoms with E-state index in [0.717, 1.165) is 48.4 Å². The van der Waals surface area contributed by atoms with Gasteiger partial charge in [-0.25, -0.2) is 4.98 Å². The van der Waals surface area contributed by atoms with Crippen molar-refractivity contribution in [3.63, 3.8) is 0 Å². The van der Waals surface area contributed by atoms with Crippen LogP contribution in [-0.2, 0) is 16.1 Å². The first-order chi connectivity index (χ1) is 15.9. The molecule has 2 atom stereocenters. The maximum atomic E-state index is 13.0. The second-order valence-corrected chi connectivity index (χ2v) is 9.34. The Balaban J connectivity index is 1.30. The summed E-state index contributed by atoms with van der Waals surface area (Å²) in [4.78, 5) is 34.5. The molecule has 7 nitrogen and oxygen atoms in total. The van der Waals surface area contributed by atoms with Gasteiger partial charge in [0.25, 0.3) is 5.91 Å². The third-order valence-corrected chi connectivity index (χ3v) is 6.39. The van der Waals surface area contributed by atoms with E-state index in [1.54, 1.807) is 0 Å². The molecule has 0 radical (unpaired) electrons. The van der Waals surface area contributed by atoms with Crippen LogP contribution in [0.3, 0.4) is 0 Å². The number of carbonyl (C=O) groups excluding carboxylic acids is 2. The number of nitrogens with zero attached hydrogens (tertiary/aromatic N) is 3. The minimum Gasteiger partial charge on any atom is -0.375 e. The summed E-state index contributed by atoms with van der Waals surface area (Å²) in [6.45, 7) is 10.0. The standard InChI is InChI=1S/C26H34N4O3/c1-18-11-19(2)13-23(12-18)26(32)30-8-4-5-22(17-30)25(31)28-15-21-6-7-24(27-14-21)29-9-10-33-20(3)16-29/h6-7,11-14,20,22H,4-5,8-10,15-17H2,1-3H3,(H,28,31). The minimum atomic E-state index is -0.185. The van der Waals surface area contributed by atoms with Crippen molar-refractivity contribution in [3.05, 3.63) is 58.8 Å². The summed E-state index contributed by atoms with van der Waals surface area (Å²) in [5.74, 6) is 0.763. The molecule has 2 aromatic rings. The highest BCUT2D eigenvalue weighted by molar-refractivity contribution is 5.95. The summed E-state index contributed by atoms with van der Waals surface area (Å²) in [6.07, 6.45) is 3.67. The van der Waals surface area contributed by atoms with Gasteiger partial charge in [0.05, 0.1) is 18.6 Å². The van der Waals surface area contributed by atoms with E-state index >= 15 is 0 Å². The highest BCUT2D eigenvalue weighted by Gasteiger charge is 2.29. The number of nitrogens with one attached hydrogen (secondary N) is 1. The van der Waals surface area contributed by atoms with Gasteiger partial charge in [-0.05, 0) is 57.4 Å². The normalized spacial score (nSPS) is 21.1. The molecule has 0 saturated carbocycles. The highest BCUT2D eigenvalue weighted by Crippen LogP contribution is 2.21. The number of anilines is 1. The van der Waals surface area contributed by atoms with E-state index < -0.39 is 0 Å². The Labute approximate surface area is 196 Å². The number of ether oxygens (including phenoxy) is 1. The van der Waals surface area contributed by atoms with Crippen LogP contribution in [0.2, 0.25) is 0 Å². The number of amides is 2. The number of aryl methyl sites for hydroxylation is 2. The monoisotopic (exact) mass is 450 g/mol. The number of hydrogen-bond acceptors (Lipinski definition) is 5. The Morgan fingerprint density at radius 2 is 1.91 bits per heavy atom. The third kappa shape index (κ3) is 5.90. The lowest BCUT2D eigenvalue weighted by atomic mass is 9.96. The second-order valence-electron chi connectivity index (χ2n) is 9.34. The lowest BCUT2D eigenvalue weighted by Crippen LogP contribution is -2.45. The van der Waals surface area contributed by atoms with Gasteiger partial charge in [-0.15, -0.1) is 0 Å². The maximum absolute atomic E-state index is 13.0. The molecule has 33 heavy (non-hydrogen) atoms. The molecule has 176 valence electrons. The molecule has 2 amide bonds. The molecule has 2 fully saturated rings. The number of aromatic nitrogens is 1. The van der Waals surface area contributed by atoms with Gasteiger partial charge < -0.3 is 19.9 Å². The fourth-order valence-corrected chi connectivity index (χ4v) is 4.72. The van der Waals surface area contributed by atoms with Crippen molar-refractivity contribution in [2.75, 3.05) is 37.7 Å². The molecule has 1 N–H and O–H groups in total. The van der Waals surface area contributed by atoms with Crippen molar-refractivity contribution >= 4 is 17.6 Å². The Morgan fingerprint density at radius 3 is 2.61 bits per heavy atom. The van der Waals surface area contributed by atoms with Crippen LogP contribution in [0.25, 0.3) is 0 Å². The predicted molar refractivity (Wildman–Crippen MR) is 128 cm³/mol. The van der Waals surface area contributed by atoms with Gasteiger partial charge in [0.2, 0.25) is 5.91 Å². The summed E-state index contributed by atoms with van der Waals surface area (Å²) < 4.78 is 5.59. The summed E-state index contributed by atoms with van der Waals surface area (Å²) >= 11 is 0. The first-order valence-corrected chi connectivity index (χ1v) is 11.9. The van der Waals surface area contributed by atoms with Crippen LogP contribution in [0.5, 0.6) is 0 Å². The van der Waals surface area contributed by atoms with E-state index in [1.807, 2.05) is 49.2 Å². The van der Waals surface area contributed by atoms with Crippen LogP contribution in [0.4, 0.5) is 5.82 Å². The molecule has 1 aromatic heterocycles. The Kier molecular flexibility index (Phi) is 7.28. The van der Waals surface area contributed by atoms with Gasteiger partial charge in [0.1, 0.15) is 5.82 Å². The van der Waals surface area contributed by atoms with Crippen molar-refractivity contribution in [1.82, 2.24) is 15.2 Å². The zero-order valence-corrected chi connectivity index (χ0v) is 19.8. The number of benzene rings is 1. The van der Waals surface area contributed by atoms with Gasteiger partial charge in [0.15, 0.2) is 0 Å². The number of rotatable bonds is 5. The first kappa shape index (κ1) is 23.2. The van der Waals surface area contributed by atoms with Crippen molar-refractivity contribution in [3.8, 4) is 0 Å². The summed E-state index contributed by atoms with van der Waals surface area (Å²) in [6, 6.07) is 9.93. The van der Waals surface area contributed by atoms with E-state index in [4.69, 9.17) is 4.74 Å². The molecule has 2 saturated heterocycles. The van der Waals surface area contributed by atoms with Crippen molar-refractivity contribution in [2.24, 2.45) is 5.92 Å². The SMILES string of the molecule is Cc1cc(C)cc(C(=O)N2CCCC(C(=O)NCc3ccc(N4CCOC(C)C4)nc3)C2)c1. The minimum absolute atomic E-state index is 0.000923. The molecule has 0 aliphatic carbocycles.